The van der Waals surface area contributed by atoms with E-state index in [2.05, 4.69) is 37.5 Å². The Morgan fingerprint density at radius 2 is 1.50 bits per heavy atom. The molecule has 0 amide bonds. The second-order valence-corrected chi connectivity index (χ2v) is 5.97. The molecule has 0 aliphatic carbocycles. The Morgan fingerprint density at radius 1 is 0.808 bits per heavy atom. The number of hydrogen-bond acceptors (Lipinski definition) is 6. The van der Waals surface area contributed by atoms with Gasteiger partial charge in [0.05, 0.1) is 0 Å². The lowest BCUT2D eigenvalue weighted by molar-refractivity contribution is 0.762. The monoisotopic (exact) mass is 345 g/mol. The Kier molecular flexibility index (Phi) is 4.42. The Hall–Kier alpha value is -3.48. The van der Waals surface area contributed by atoms with Crippen molar-refractivity contribution >= 4 is 17.7 Å². The van der Waals surface area contributed by atoms with Crippen molar-refractivity contribution in [1.29, 1.82) is 0 Å². The van der Waals surface area contributed by atoms with Gasteiger partial charge in [-0.1, -0.05) is 60.7 Å². The number of aromatic nitrogens is 5. The topological polar surface area (TPSA) is 94.0 Å². The van der Waals surface area contributed by atoms with Crippen LogP contribution in [-0.2, 0) is 19.4 Å². The fourth-order valence-corrected chi connectivity index (χ4v) is 2.77. The maximum Gasteiger partial charge on any atom is 0.259 e. The van der Waals surface area contributed by atoms with E-state index < -0.39 is 0 Å². The summed E-state index contributed by atoms with van der Waals surface area (Å²) in [4.78, 5) is 12.9. The highest BCUT2D eigenvalue weighted by atomic mass is 15.4. The van der Waals surface area contributed by atoms with Gasteiger partial charge in [-0.2, -0.15) is 19.5 Å². The van der Waals surface area contributed by atoms with Crippen LogP contribution < -0.4 is 11.1 Å². The minimum atomic E-state index is 0.211. The van der Waals surface area contributed by atoms with Crippen molar-refractivity contribution in [2.75, 3.05) is 11.1 Å². The number of anilines is 2. The van der Waals surface area contributed by atoms with E-state index >= 15 is 0 Å². The van der Waals surface area contributed by atoms with Crippen molar-refractivity contribution in [1.82, 2.24) is 24.6 Å². The normalized spacial score (nSPS) is 10.9. The summed E-state index contributed by atoms with van der Waals surface area (Å²) in [7, 11) is 0. The molecule has 0 bridgehead atoms. The fraction of sp³-hybridized carbons (Fsp3) is 0.158. The molecule has 7 nitrogen and oxygen atoms in total. The summed E-state index contributed by atoms with van der Waals surface area (Å²) in [6, 6.07) is 20.3. The first-order chi connectivity index (χ1) is 12.8. The molecule has 0 saturated carbocycles. The van der Waals surface area contributed by atoms with Crippen LogP contribution in [0.1, 0.15) is 17.0 Å². The molecule has 0 aliphatic rings. The Morgan fingerprint density at radius 3 is 2.23 bits per heavy atom. The van der Waals surface area contributed by atoms with Crippen molar-refractivity contribution in [3.05, 3.63) is 77.6 Å². The van der Waals surface area contributed by atoms with Crippen LogP contribution >= 0.6 is 0 Å². The van der Waals surface area contributed by atoms with Gasteiger partial charge in [0.15, 0.2) is 0 Å². The van der Waals surface area contributed by atoms with E-state index in [1.165, 1.54) is 5.56 Å². The predicted molar refractivity (Wildman–Crippen MR) is 101 cm³/mol. The molecule has 0 aliphatic heterocycles. The molecule has 2 heterocycles. The summed E-state index contributed by atoms with van der Waals surface area (Å²) in [5, 5.41) is 7.71. The molecule has 0 spiro atoms. The van der Waals surface area contributed by atoms with Gasteiger partial charge in [-0.25, -0.2) is 0 Å². The summed E-state index contributed by atoms with van der Waals surface area (Å²) in [6.07, 6.45) is 1.55. The third-order valence-corrected chi connectivity index (χ3v) is 4.07. The van der Waals surface area contributed by atoms with Gasteiger partial charge in [-0.15, -0.1) is 5.10 Å². The quantitative estimate of drug-likeness (QED) is 0.558. The molecule has 4 aromatic rings. The van der Waals surface area contributed by atoms with E-state index in [9.17, 15) is 0 Å². The minimum Gasteiger partial charge on any atom is -0.368 e. The van der Waals surface area contributed by atoms with Gasteiger partial charge < -0.3 is 11.1 Å². The smallest absolute Gasteiger partial charge is 0.259 e. The summed E-state index contributed by atoms with van der Waals surface area (Å²) in [5.41, 5.74) is 8.23. The van der Waals surface area contributed by atoms with E-state index in [-0.39, 0.29) is 5.95 Å². The third-order valence-electron chi connectivity index (χ3n) is 4.07. The number of nitrogens with one attached hydrogen (secondary N) is 1. The van der Waals surface area contributed by atoms with Gasteiger partial charge in [-0.3, -0.25) is 0 Å². The Bertz CT molecular complexity index is 997. The van der Waals surface area contributed by atoms with Gasteiger partial charge in [0.1, 0.15) is 5.82 Å². The van der Waals surface area contributed by atoms with Crippen molar-refractivity contribution in [3.63, 3.8) is 0 Å². The van der Waals surface area contributed by atoms with Crippen LogP contribution in [-0.4, -0.2) is 24.6 Å². The number of hydrogen-bond donors (Lipinski definition) is 2. The summed E-state index contributed by atoms with van der Waals surface area (Å²) < 4.78 is 1.66. The van der Waals surface area contributed by atoms with Gasteiger partial charge in [0.25, 0.3) is 5.78 Å². The molecular weight excluding hydrogens is 326 g/mol. The zero-order valence-electron chi connectivity index (χ0n) is 14.2. The van der Waals surface area contributed by atoms with Crippen molar-refractivity contribution in [2.24, 2.45) is 0 Å². The number of nitrogen functional groups attached to an aromatic ring is 1. The fourth-order valence-electron chi connectivity index (χ4n) is 2.77. The summed E-state index contributed by atoms with van der Waals surface area (Å²) >= 11 is 0. The molecule has 4 rings (SSSR count). The van der Waals surface area contributed by atoms with Gasteiger partial charge >= 0.3 is 0 Å². The van der Waals surface area contributed by atoms with E-state index in [0.717, 1.165) is 17.8 Å². The highest BCUT2D eigenvalue weighted by molar-refractivity contribution is 5.41. The standard InChI is InChI=1S/C19H19N7/c20-17-22-16(12-11-14-7-3-1-4-8-14)26-19(23-17)24-18(25-26)21-13-15-9-5-2-6-10-15/h1-10H,11-13H2,(H3,20,21,23,24,25). The lowest BCUT2D eigenvalue weighted by atomic mass is 10.1. The number of aryl methyl sites for hydroxylation is 2. The number of benzene rings is 2. The van der Waals surface area contributed by atoms with Crippen molar-refractivity contribution in [2.45, 2.75) is 19.4 Å². The molecule has 7 heteroatoms. The lowest BCUT2D eigenvalue weighted by Gasteiger charge is -2.04. The molecule has 0 unspecified atom stereocenters. The van der Waals surface area contributed by atoms with Gasteiger partial charge in [0, 0.05) is 13.0 Å². The van der Waals surface area contributed by atoms with Crippen LogP contribution in [0.4, 0.5) is 11.9 Å². The second-order valence-electron chi connectivity index (χ2n) is 5.97. The Balaban J connectivity index is 1.54. The number of fused-ring (bicyclic) bond motifs is 1. The average Bonchev–Trinajstić information content (AvgIpc) is 3.09. The SMILES string of the molecule is Nc1nc(CCc2ccccc2)n2nc(NCc3ccccc3)nc2n1. The summed E-state index contributed by atoms with van der Waals surface area (Å²) in [6.45, 7) is 0.639. The maximum absolute atomic E-state index is 5.84. The van der Waals surface area contributed by atoms with Crippen LogP contribution in [0.2, 0.25) is 0 Å². The number of nitrogens with zero attached hydrogens (tertiary/aromatic N) is 5. The average molecular weight is 345 g/mol. The maximum atomic E-state index is 5.84. The van der Waals surface area contributed by atoms with Crippen LogP contribution in [0.25, 0.3) is 5.78 Å². The van der Waals surface area contributed by atoms with E-state index in [0.29, 0.717) is 24.7 Å². The van der Waals surface area contributed by atoms with Crippen molar-refractivity contribution in [3.8, 4) is 0 Å². The zero-order valence-corrected chi connectivity index (χ0v) is 14.2. The first-order valence-corrected chi connectivity index (χ1v) is 8.49. The van der Waals surface area contributed by atoms with Crippen LogP contribution in [0.3, 0.4) is 0 Å². The lowest BCUT2D eigenvalue weighted by Crippen LogP contribution is -2.09. The Labute approximate surface area is 150 Å². The van der Waals surface area contributed by atoms with Gasteiger partial charge in [0.2, 0.25) is 11.9 Å². The molecule has 0 fully saturated rings. The largest absolute Gasteiger partial charge is 0.368 e. The van der Waals surface area contributed by atoms with Gasteiger partial charge in [-0.05, 0) is 17.5 Å². The molecule has 2 aromatic carbocycles. The van der Waals surface area contributed by atoms with Crippen LogP contribution in [0.15, 0.2) is 60.7 Å². The molecule has 0 saturated heterocycles. The first-order valence-electron chi connectivity index (χ1n) is 8.49. The molecule has 0 radical (unpaired) electrons. The van der Waals surface area contributed by atoms with Crippen molar-refractivity contribution < 1.29 is 0 Å². The highest BCUT2D eigenvalue weighted by Gasteiger charge is 2.11. The molecule has 26 heavy (non-hydrogen) atoms. The molecule has 2 aromatic heterocycles. The molecular formula is C19H19N7. The molecule has 3 N–H and O–H groups in total. The second kappa shape index (κ2) is 7.18. The summed E-state index contributed by atoms with van der Waals surface area (Å²) in [5.74, 6) is 1.92. The number of nitrogens with two attached hydrogens (primary N) is 1. The number of rotatable bonds is 6. The first kappa shape index (κ1) is 16.0. The van der Waals surface area contributed by atoms with E-state index in [1.54, 1.807) is 4.52 Å². The van der Waals surface area contributed by atoms with Crippen LogP contribution in [0, 0.1) is 0 Å². The van der Waals surface area contributed by atoms with E-state index in [1.807, 2.05) is 48.5 Å². The molecule has 0 atom stereocenters. The highest BCUT2D eigenvalue weighted by Crippen LogP contribution is 2.11. The predicted octanol–water partition coefficient (Wildman–Crippen LogP) is 2.50. The van der Waals surface area contributed by atoms with Crippen LogP contribution in [0.5, 0.6) is 0 Å². The minimum absolute atomic E-state index is 0.211. The molecule has 130 valence electrons. The third kappa shape index (κ3) is 3.61. The zero-order chi connectivity index (χ0) is 17.8. The van der Waals surface area contributed by atoms with E-state index in [4.69, 9.17) is 5.73 Å².